The molecule has 3 aromatic rings. The van der Waals surface area contributed by atoms with Crippen LogP contribution in [-0.4, -0.2) is 71.1 Å². The van der Waals surface area contributed by atoms with Crippen LogP contribution in [0.5, 0.6) is 5.75 Å². The molecule has 166 valence electrons. The quantitative estimate of drug-likeness (QED) is 0.562. The molecule has 0 N–H and O–H groups in total. The van der Waals surface area contributed by atoms with Crippen molar-refractivity contribution in [3.63, 3.8) is 0 Å². The molecule has 2 aliphatic heterocycles. The van der Waals surface area contributed by atoms with Crippen LogP contribution in [0.2, 0.25) is 5.02 Å². The van der Waals surface area contributed by atoms with E-state index in [1.54, 1.807) is 34.4 Å². The average Bonchev–Trinajstić information content (AvgIpc) is 3.48. The van der Waals surface area contributed by atoms with Gasteiger partial charge in [0.25, 0.3) is 5.91 Å². The van der Waals surface area contributed by atoms with E-state index in [-0.39, 0.29) is 25.0 Å². The van der Waals surface area contributed by atoms with E-state index in [0.717, 1.165) is 5.56 Å². The van der Waals surface area contributed by atoms with Crippen LogP contribution in [0.15, 0.2) is 39.5 Å². The lowest BCUT2D eigenvalue weighted by Crippen LogP contribution is -2.52. The third kappa shape index (κ3) is 4.34. The lowest BCUT2D eigenvalue weighted by Gasteiger charge is -2.36. The Morgan fingerprint density at radius 3 is 2.81 bits per heavy atom. The number of thiophene rings is 1. The van der Waals surface area contributed by atoms with E-state index >= 15 is 0 Å². The maximum absolute atomic E-state index is 12.9. The molecule has 2 aromatic heterocycles. The van der Waals surface area contributed by atoms with Gasteiger partial charge in [0, 0.05) is 42.1 Å². The summed E-state index contributed by atoms with van der Waals surface area (Å²) in [7, 11) is 0. The van der Waals surface area contributed by atoms with Gasteiger partial charge in [-0.05, 0) is 29.6 Å². The van der Waals surface area contributed by atoms with Crippen LogP contribution in [0, 0.1) is 0 Å². The highest BCUT2D eigenvalue weighted by atomic mass is 35.5. The number of halogens is 1. The lowest BCUT2D eigenvalue weighted by molar-refractivity contribution is -0.133. The Bertz CT molecular complexity index is 1130. The van der Waals surface area contributed by atoms with Gasteiger partial charge in [-0.15, -0.1) is 0 Å². The number of anilines is 1. The first-order chi connectivity index (χ1) is 15.6. The number of aromatic nitrogens is 2. The number of benzene rings is 1. The minimum Gasteiger partial charge on any atom is -0.482 e. The van der Waals surface area contributed by atoms with Crippen LogP contribution in [0.25, 0.3) is 11.4 Å². The highest BCUT2D eigenvalue weighted by Gasteiger charge is 2.30. The number of hydrogen-bond donors (Lipinski definition) is 0. The fourth-order valence-electron chi connectivity index (χ4n) is 3.76. The van der Waals surface area contributed by atoms with Crippen molar-refractivity contribution >= 4 is 40.4 Å². The Hall–Kier alpha value is -2.95. The predicted octanol–water partition coefficient (Wildman–Crippen LogP) is 2.52. The van der Waals surface area contributed by atoms with Crippen LogP contribution in [0.1, 0.15) is 5.89 Å². The predicted molar refractivity (Wildman–Crippen MR) is 119 cm³/mol. The maximum atomic E-state index is 12.9. The fraction of sp³-hybridized carbons (Fsp3) is 0.333. The number of amides is 2. The number of carbonyl (C=O) groups excluding carboxylic acids is 2. The Kier molecular flexibility index (Phi) is 5.81. The number of nitrogens with zero attached hydrogens (tertiary/aromatic N) is 5. The van der Waals surface area contributed by atoms with Gasteiger partial charge in [0.2, 0.25) is 17.6 Å². The van der Waals surface area contributed by atoms with Gasteiger partial charge < -0.3 is 14.2 Å². The van der Waals surface area contributed by atoms with Crippen molar-refractivity contribution in [1.82, 2.24) is 19.9 Å². The molecule has 2 amide bonds. The Labute approximate surface area is 193 Å². The van der Waals surface area contributed by atoms with Crippen molar-refractivity contribution in [2.45, 2.75) is 6.54 Å². The van der Waals surface area contributed by atoms with Crippen LogP contribution in [-0.2, 0) is 16.1 Å². The van der Waals surface area contributed by atoms with E-state index in [4.69, 9.17) is 20.9 Å². The van der Waals surface area contributed by atoms with E-state index in [1.165, 1.54) is 4.90 Å². The van der Waals surface area contributed by atoms with Crippen molar-refractivity contribution in [1.29, 1.82) is 0 Å². The summed E-state index contributed by atoms with van der Waals surface area (Å²) < 4.78 is 10.8. The zero-order chi connectivity index (χ0) is 22.1. The van der Waals surface area contributed by atoms with E-state index in [1.807, 2.05) is 16.8 Å². The third-order valence-electron chi connectivity index (χ3n) is 5.49. The van der Waals surface area contributed by atoms with E-state index < -0.39 is 0 Å². The minimum absolute atomic E-state index is 0.0385. The molecule has 0 saturated carbocycles. The number of rotatable bonds is 5. The summed E-state index contributed by atoms with van der Waals surface area (Å²) in [6.45, 7) is 2.89. The third-order valence-corrected chi connectivity index (χ3v) is 6.41. The molecule has 2 aliphatic rings. The Morgan fingerprint density at radius 1 is 1.19 bits per heavy atom. The standard InChI is InChI=1S/C21H20ClN5O4S/c22-15-1-2-17-16(9-15)27(20(29)12-30-17)11-19(28)26-6-4-25(5-7-26)10-18-23-21(24-31-18)14-3-8-32-13-14/h1-3,8-9,13H,4-7,10-12H2. The zero-order valence-corrected chi connectivity index (χ0v) is 18.6. The summed E-state index contributed by atoms with van der Waals surface area (Å²) in [6.07, 6.45) is 0. The number of piperazine rings is 1. The molecular weight excluding hydrogens is 454 g/mol. The second kappa shape index (κ2) is 8.89. The molecule has 0 radical (unpaired) electrons. The summed E-state index contributed by atoms with van der Waals surface area (Å²) in [5, 5.41) is 8.47. The average molecular weight is 474 g/mol. The van der Waals surface area contributed by atoms with Gasteiger partial charge in [0.05, 0.1) is 12.2 Å². The molecule has 0 atom stereocenters. The van der Waals surface area contributed by atoms with E-state index in [2.05, 4.69) is 15.0 Å². The summed E-state index contributed by atoms with van der Waals surface area (Å²) in [4.78, 5) is 35.1. The molecule has 1 fully saturated rings. The molecule has 4 heterocycles. The molecule has 32 heavy (non-hydrogen) atoms. The summed E-state index contributed by atoms with van der Waals surface area (Å²) in [6, 6.07) is 7.01. The molecule has 0 bridgehead atoms. The number of ether oxygens (including phenoxy) is 1. The van der Waals surface area contributed by atoms with Crippen molar-refractivity contribution < 1.29 is 18.8 Å². The topological polar surface area (TPSA) is 92.0 Å². The molecular formula is C21H20ClN5O4S. The maximum Gasteiger partial charge on any atom is 0.265 e. The molecule has 5 rings (SSSR count). The second-order valence-corrected chi connectivity index (χ2v) is 8.78. The SMILES string of the molecule is O=C(CN1C(=O)COc2ccc(Cl)cc21)N1CCN(Cc2nc(-c3ccsc3)no2)CC1. The first kappa shape index (κ1) is 20.9. The summed E-state index contributed by atoms with van der Waals surface area (Å²) in [5.74, 6) is 1.32. The summed E-state index contributed by atoms with van der Waals surface area (Å²) >= 11 is 7.66. The first-order valence-electron chi connectivity index (χ1n) is 10.1. The lowest BCUT2D eigenvalue weighted by atomic mass is 10.2. The fourth-order valence-corrected chi connectivity index (χ4v) is 4.56. The number of carbonyl (C=O) groups is 2. The van der Waals surface area contributed by atoms with E-state index in [9.17, 15) is 9.59 Å². The van der Waals surface area contributed by atoms with Crippen LogP contribution in [0.3, 0.4) is 0 Å². The van der Waals surface area contributed by atoms with Crippen molar-refractivity contribution in [2.24, 2.45) is 0 Å². The molecule has 0 spiro atoms. The minimum atomic E-state index is -0.260. The van der Waals surface area contributed by atoms with Gasteiger partial charge in [-0.25, -0.2) is 0 Å². The van der Waals surface area contributed by atoms with E-state index in [0.29, 0.717) is 60.9 Å². The van der Waals surface area contributed by atoms with Crippen molar-refractivity contribution in [2.75, 3.05) is 44.2 Å². The molecule has 1 aromatic carbocycles. The second-order valence-electron chi connectivity index (χ2n) is 7.56. The van der Waals surface area contributed by atoms with Gasteiger partial charge >= 0.3 is 0 Å². The highest BCUT2D eigenvalue weighted by Crippen LogP contribution is 2.34. The van der Waals surface area contributed by atoms with Crippen LogP contribution >= 0.6 is 22.9 Å². The van der Waals surface area contributed by atoms with Crippen molar-refractivity contribution in [3.8, 4) is 17.1 Å². The smallest absolute Gasteiger partial charge is 0.265 e. The van der Waals surface area contributed by atoms with Crippen molar-refractivity contribution in [3.05, 3.63) is 45.9 Å². The largest absolute Gasteiger partial charge is 0.482 e. The van der Waals surface area contributed by atoms with Gasteiger partial charge in [-0.1, -0.05) is 16.8 Å². The van der Waals surface area contributed by atoms with Gasteiger partial charge in [0.15, 0.2) is 6.61 Å². The zero-order valence-electron chi connectivity index (χ0n) is 17.1. The van der Waals surface area contributed by atoms with Crippen LogP contribution < -0.4 is 9.64 Å². The molecule has 0 aliphatic carbocycles. The molecule has 1 saturated heterocycles. The molecule has 9 nitrogen and oxygen atoms in total. The Morgan fingerprint density at radius 2 is 2.03 bits per heavy atom. The number of hydrogen-bond acceptors (Lipinski definition) is 8. The van der Waals surface area contributed by atoms with Gasteiger partial charge in [0.1, 0.15) is 12.3 Å². The normalized spacial score (nSPS) is 16.7. The number of fused-ring (bicyclic) bond motifs is 1. The van der Waals surface area contributed by atoms with Crippen LogP contribution in [0.4, 0.5) is 5.69 Å². The summed E-state index contributed by atoms with van der Waals surface area (Å²) in [5.41, 5.74) is 1.47. The van der Waals surface area contributed by atoms with Gasteiger partial charge in [-0.3, -0.25) is 19.4 Å². The molecule has 11 heteroatoms. The Balaban J connectivity index is 1.17. The first-order valence-corrected chi connectivity index (χ1v) is 11.5. The highest BCUT2D eigenvalue weighted by molar-refractivity contribution is 7.08. The van der Waals surface area contributed by atoms with Gasteiger partial charge in [-0.2, -0.15) is 16.3 Å². The molecule has 0 unspecified atom stereocenters. The monoisotopic (exact) mass is 473 g/mol.